The van der Waals surface area contributed by atoms with Gasteiger partial charge in [-0.15, -0.1) is 0 Å². The molecule has 1 N–H and O–H groups in total. The maximum Gasteiger partial charge on any atom is 0.224 e. The smallest absolute Gasteiger partial charge is 0.224 e. The number of rotatable bonds is 5. The predicted molar refractivity (Wildman–Crippen MR) is 101 cm³/mol. The Balaban J connectivity index is 1.67. The standard InChI is InChI=1S/C21H20N4O/c1-15-20(16(2)25(24-15)19-6-4-3-5-7-19)12-13-21(26)23-18-10-8-17(14-22)9-11-18/h3-11H,12-13H2,1-2H3,(H,23,26). The number of hydrogen-bond acceptors (Lipinski definition) is 3. The third-order valence-electron chi connectivity index (χ3n) is 4.34. The van der Waals surface area contributed by atoms with Crippen molar-refractivity contribution in [2.75, 3.05) is 5.32 Å². The molecule has 0 saturated carbocycles. The number of para-hydroxylation sites is 1. The number of amides is 1. The summed E-state index contributed by atoms with van der Waals surface area (Å²) in [5.41, 5.74) is 5.38. The highest BCUT2D eigenvalue weighted by molar-refractivity contribution is 5.90. The van der Waals surface area contributed by atoms with Gasteiger partial charge in [-0.05, 0) is 62.2 Å². The lowest BCUT2D eigenvalue weighted by molar-refractivity contribution is -0.116. The van der Waals surface area contributed by atoms with Gasteiger partial charge in [-0.3, -0.25) is 4.79 Å². The van der Waals surface area contributed by atoms with E-state index >= 15 is 0 Å². The molecular weight excluding hydrogens is 324 g/mol. The molecule has 1 heterocycles. The Morgan fingerprint density at radius 1 is 1.12 bits per heavy atom. The van der Waals surface area contributed by atoms with E-state index in [0.717, 1.165) is 22.6 Å². The fourth-order valence-electron chi connectivity index (χ4n) is 2.95. The number of carbonyl (C=O) groups excluding carboxylic acids is 1. The van der Waals surface area contributed by atoms with Crippen LogP contribution in [-0.4, -0.2) is 15.7 Å². The normalized spacial score (nSPS) is 10.3. The van der Waals surface area contributed by atoms with Crippen LogP contribution < -0.4 is 5.32 Å². The maximum atomic E-state index is 12.2. The van der Waals surface area contributed by atoms with Gasteiger partial charge in [0, 0.05) is 17.8 Å². The van der Waals surface area contributed by atoms with Crippen LogP contribution in [0.1, 0.15) is 28.9 Å². The number of aryl methyl sites for hydroxylation is 1. The number of hydrogen-bond donors (Lipinski definition) is 1. The molecule has 5 heteroatoms. The zero-order valence-corrected chi connectivity index (χ0v) is 14.9. The minimum atomic E-state index is -0.0547. The molecule has 1 aromatic heterocycles. The van der Waals surface area contributed by atoms with Crippen LogP contribution in [0.5, 0.6) is 0 Å². The molecule has 3 aromatic rings. The van der Waals surface area contributed by atoms with E-state index in [-0.39, 0.29) is 5.91 Å². The van der Waals surface area contributed by atoms with Gasteiger partial charge in [0.15, 0.2) is 0 Å². The third-order valence-corrected chi connectivity index (χ3v) is 4.34. The summed E-state index contributed by atoms with van der Waals surface area (Å²) in [6, 6.07) is 18.9. The number of nitriles is 1. The van der Waals surface area contributed by atoms with Crippen molar-refractivity contribution in [3.05, 3.63) is 77.1 Å². The summed E-state index contributed by atoms with van der Waals surface area (Å²) in [4.78, 5) is 12.2. The van der Waals surface area contributed by atoms with Gasteiger partial charge >= 0.3 is 0 Å². The highest BCUT2D eigenvalue weighted by atomic mass is 16.1. The van der Waals surface area contributed by atoms with Crippen molar-refractivity contribution < 1.29 is 4.79 Å². The molecule has 0 spiro atoms. The second kappa shape index (κ2) is 7.66. The highest BCUT2D eigenvalue weighted by Gasteiger charge is 2.14. The van der Waals surface area contributed by atoms with Crippen LogP contribution in [0.15, 0.2) is 54.6 Å². The first-order valence-corrected chi connectivity index (χ1v) is 8.49. The molecule has 0 bridgehead atoms. The molecule has 0 unspecified atom stereocenters. The van der Waals surface area contributed by atoms with Crippen LogP contribution in [-0.2, 0) is 11.2 Å². The molecule has 5 nitrogen and oxygen atoms in total. The molecule has 3 rings (SSSR count). The fraction of sp³-hybridized carbons (Fsp3) is 0.190. The van der Waals surface area contributed by atoms with E-state index in [2.05, 4.69) is 16.5 Å². The minimum absolute atomic E-state index is 0.0547. The van der Waals surface area contributed by atoms with Gasteiger partial charge in [0.05, 0.1) is 23.0 Å². The summed E-state index contributed by atoms with van der Waals surface area (Å²) in [6.07, 6.45) is 1.01. The van der Waals surface area contributed by atoms with E-state index in [1.165, 1.54) is 0 Å². The Kier molecular flexibility index (Phi) is 5.14. The van der Waals surface area contributed by atoms with Crippen LogP contribution in [0, 0.1) is 25.2 Å². The molecule has 0 atom stereocenters. The Morgan fingerprint density at radius 2 is 1.81 bits per heavy atom. The van der Waals surface area contributed by atoms with E-state index < -0.39 is 0 Å². The van der Waals surface area contributed by atoms with Crippen molar-refractivity contribution >= 4 is 11.6 Å². The van der Waals surface area contributed by atoms with Crippen LogP contribution >= 0.6 is 0 Å². The second-order valence-electron chi connectivity index (χ2n) is 6.13. The van der Waals surface area contributed by atoms with Gasteiger partial charge < -0.3 is 5.32 Å². The lowest BCUT2D eigenvalue weighted by Gasteiger charge is -2.07. The maximum absolute atomic E-state index is 12.2. The molecule has 0 fully saturated rings. The fourth-order valence-corrected chi connectivity index (χ4v) is 2.95. The largest absolute Gasteiger partial charge is 0.326 e. The first-order chi connectivity index (χ1) is 12.6. The van der Waals surface area contributed by atoms with Gasteiger partial charge in [-0.25, -0.2) is 4.68 Å². The molecule has 130 valence electrons. The third kappa shape index (κ3) is 3.81. The average Bonchev–Trinajstić information content (AvgIpc) is 2.95. The summed E-state index contributed by atoms with van der Waals surface area (Å²) < 4.78 is 1.92. The summed E-state index contributed by atoms with van der Waals surface area (Å²) in [6.45, 7) is 4.00. The van der Waals surface area contributed by atoms with Crippen LogP contribution in [0.4, 0.5) is 5.69 Å². The molecule has 0 aliphatic carbocycles. The average molecular weight is 344 g/mol. The molecule has 1 amide bonds. The quantitative estimate of drug-likeness (QED) is 0.762. The van der Waals surface area contributed by atoms with Crippen LogP contribution in [0.3, 0.4) is 0 Å². The first kappa shape index (κ1) is 17.4. The van der Waals surface area contributed by atoms with Gasteiger partial charge in [0.25, 0.3) is 0 Å². The molecular formula is C21H20N4O. The Bertz CT molecular complexity index is 950. The van der Waals surface area contributed by atoms with Gasteiger partial charge in [0.1, 0.15) is 0 Å². The summed E-state index contributed by atoms with van der Waals surface area (Å²) >= 11 is 0. The van der Waals surface area contributed by atoms with Crippen molar-refractivity contribution in [2.45, 2.75) is 26.7 Å². The zero-order chi connectivity index (χ0) is 18.5. The summed E-state index contributed by atoms with van der Waals surface area (Å²) in [5.74, 6) is -0.0547. The Labute approximate surface area is 152 Å². The molecule has 26 heavy (non-hydrogen) atoms. The highest BCUT2D eigenvalue weighted by Crippen LogP contribution is 2.19. The van der Waals surface area contributed by atoms with Crippen LogP contribution in [0.2, 0.25) is 0 Å². The zero-order valence-electron chi connectivity index (χ0n) is 14.9. The number of nitrogens with one attached hydrogen (secondary N) is 1. The van der Waals surface area contributed by atoms with Gasteiger partial charge in [-0.2, -0.15) is 10.4 Å². The van der Waals surface area contributed by atoms with Crippen molar-refractivity contribution in [2.24, 2.45) is 0 Å². The summed E-state index contributed by atoms with van der Waals surface area (Å²) in [5, 5.41) is 16.3. The lowest BCUT2D eigenvalue weighted by atomic mass is 10.1. The number of anilines is 1. The van der Waals surface area contributed by atoms with E-state index in [4.69, 9.17) is 5.26 Å². The van der Waals surface area contributed by atoms with E-state index in [0.29, 0.717) is 24.1 Å². The summed E-state index contributed by atoms with van der Waals surface area (Å²) in [7, 11) is 0. The second-order valence-corrected chi connectivity index (χ2v) is 6.13. The Morgan fingerprint density at radius 3 is 2.46 bits per heavy atom. The Hall–Kier alpha value is -3.39. The van der Waals surface area contributed by atoms with Gasteiger partial charge in [0.2, 0.25) is 5.91 Å². The van der Waals surface area contributed by atoms with Crippen LogP contribution in [0.25, 0.3) is 5.69 Å². The monoisotopic (exact) mass is 344 g/mol. The number of carbonyl (C=O) groups is 1. The van der Waals surface area contributed by atoms with Gasteiger partial charge in [-0.1, -0.05) is 18.2 Å². The van der Waals surface area contributed by atoms with E-state index in [9.17, 15) is 4.79 Å². The van der Waals surface area contributed by atoms with Crippen molar-refractivity contribution in [1.29, 1.82) is 5.26 Å². The molecule has 0 radical (unpaired) electrons. The lowest BCUT2D eigenvalue weighted by Crippen LogP contribution is -2.12. The van der Waals surface area contributed by atoms with E-state index in [1.807, 2.05) is 48.9 Å². The number of benzene rings is 2. The van der Waals surface area contributed by atoms with Crippen molar-refractivity contribution in [3.63, 3.8) is 0 Å². The van der Waals surface area contributed by atoms with Crippen molar-refractivity contribution in [3.8, 4) is 11.8 Å². The topological polar surface area (TPSA) is 70.7 Å². The molecule has 0 aliphatic heterocycles. The number of aromatic nitrogens is 2. The first-order valence-electron chi connectivity index (χ1n) is 8.49. The SMILES string of the molecule is Cc1nn(-c2ccccc2)c(C)c1CCC(=O)Nc1ccc(C#N)cc1. The minimum Gasteiger partial charge on any atom is -0.326 e. The molecule has 0 saturated heterocycles. The van der Waals surface area contributed by atoms with Crippen molar-refractivity contribution in [1.82, 2.24) is 9.78 Å². The number of nitrogens with zero attached hydrogens (tertiary/aromatic N) is 3. The van der Waals surface area contributed by atoms with E-state index in [1.54, 1.807) is 24.3 Å². The molecule has 2 aromatic carbocycles. The predicted octanol–water partition coefficient (Wildman–Crippen LogP) is 3.93. The molecule has 0 aliphatic rings.